The van der Waals surface area contributed by atoms with E-state index < -0.39 is 0 Å². The molecule has 4 nitrogen and oxygen atoms in total. The summed E-state index contributed by atoms with van der Waals surface area (Å²) in [5.74, 6) is 0. The molecule has 0 amide bonds. The molecule has 2 fully saturated rings. The standard InChI is InChI=1S/C16H29N3O/c1-3-20-15-6-4-10-19(12-15)11-5-9-16(2,13-17)18-14-7-8-14/h14-15,18H,3-12H2,1-2H3. The van der Waals surface area contributed by atoms with Crippen molar-refractivity contribution in [1.82, 2.24) is 10.2 Å². The fraction of sp³-hybridized carbons (Fsp3) is 0.938. The lowest BCUT2D eigenvalue weighted by atomic mass is 9.97. The molecule has 1 saturated carbocycles. The Kier molecular flexibility index (Phi) is 5.83. The molecule has 2 unspecified atom stereocenters. The second-order valence-electron chi connectivity index (χ2n) is 6.49. The minimum atomic E-state index is -0.337. The van der Waals surface area contributed by atoms with E-state index in [1.807, 2.05) is 6.92 Å². The monoisotopic (exact) mass is 279 g/mol. The van der Waals surface area contributed by atoms with Gasteiger partial charge in [-0.1, -0.05) is 0 Å². The molecular weight excluding hydrogens is 250 g/mol. The SMILES string of the molecule is CCOC1CCCN(CCCC(C)(C#N)NC2CC2)C1. The van der Waals surface area contributed by atoms with Crippen LogP contribution in [0.1, 0.15) is 52.4 Å². The third-order valence-electron chi connectivity index (χ3n) is 4.36. The van der Waals surface area contributed by atoms with Crippen LogP contribution in [0.2, 0.25) is 0 Å². The summed E-state index contributed by atoms with van der Waals surface area (Å²) < 4.78 is 5.74. The van der Waals surface area contributed by atoms with Crippen molar-refractivity contribution in [2.45, 2.75) is 70.1 Å². The van der Waals surface area contributed by atoms with Crippen molar-refractivity contribution in [3.05, 3.63) is 0 Å². The Morgan fingerprint density at radius 1 is 1.40 bits per heavy atom. The Bertz CT molecular complexity index is 335. The number of hydrogen-bond acceptors (Lipinski definition) is 4. The van der Waals surface area contributed by atoms with Gasteiger partial charge in [-0.2, -0.15) is 5.26 Å². The molecule has 2 aliphatic rings. The molecule has 114 valence electrons. The molecule has 0 aromatic rings. The first-order valence-corrected chi connectivity index (χ1v) is 8.18. The Balaban J connectivity index is 1.67. The van der Waals surface area contributed by atoms with Crippen molar-refractivity contribution in [2.75, 3.05) is 26.2 Å². The van der Waals surface area contributed by atoms with Crippen LogP contribution in [-0.4, -0.2) is 48.8 Å². The van der Waals surface area contributed by atoms with E-state index in [2.05, 4.69) is 23.2 Å². The topological polar surface area (TPSA) is 48.3 Å². The first-order chi connectivity index (χ1) is 9.65. The summed E-state index contributed by atoms with van der Waals surface area (Å²) in [5, 5.41) is 12.8. The van der Waals surface area contributed by atoms with Gasteiger partial charge in [0.25, 0.3) is 0 Å². The third kappa shape index (κ3) is 5.05. The van der Waals surface area contributed by atoms with Gasteiger partial charge in [-0.3, -0.25) is 5.32 Å². The molecule has 20 heavy (non-hydrogen) atoms. The van der Waals surface area contributed by atoms with Crippen LogP contribution in [0.15, 0.2) is 0 Å². The van der Waals surface area contributed by atoms with Gasteiger partial charge < -0.3 is 9.64 Å². The van der Waals surface area contributed by atoms with Gasteiger partial charge in [0.2, 0.25) is 0 Å². The Morgan fingerprint density at radius 3 is 2.85 bits per heavy atom. The van der Waals surface area contributed by atoms with Crippen molar-refractivity contribution >= 4 is 0 Å². The molecule has 0 aromatic heterocycles. The van der Waals surface area contributed by atoms with Gasteiger partial charge in [0, 0.05) is 19.2 Å². The number of piperidine rings is 1. The second-order valence-corrected chi connectivity index (χ2v) is 6.49. The summed E-state index contributed by atoms with van der Waals surface area (Å²) in [6.07, 6.45) is 7.35. The molecule has 4 heteroatoms. The average Bonchev–Trinajstić information content (AvgIpc) is 3.23. The van der Waals surface area contributed by atoms with Crippen molar-refractivity contribution < 1.29 is 4.74 Å². The molecular formula is C16H29N3O. The highest BCUT2D eigenvalue weighted by Gasteiger charge is 2.32. The van der Waals surface area contributed by atoms with Gasteiger partial charge in [0.1, 0.15) is 5.54 Å². The van der Waals surface area contributed by atoms with Crippen LogP contribution < -0.4 is 5.32 Å². The fourth-order valence-electron chi connectivity index (χ4n) is 3.08. The van der Waals surface area contributed by atoms with Crippen LogP contribution in [0, 0.1) is 11.3 Å². The average molecular weight is 279 g/mol. The van der Waals surface area contributed by atoms with Crippen molar-refractivity contribution in [1.29, 1.82) is 5.26 Å². The molecule has 1 aliphatic heterocycles. The number of hydrogen-bond donors (Lipinski definition) is 1. The van der Waals surface area contributed by atoms with E-state index in [0.717, 1.165) is 32.5 Å². The predicted octanol–water partition coefficient (Wildman–Crippen LogP) is 2.30. The Morgan fingerprint density at radius 2 is 2.20 bits per heavy atom. The van der Waals surface area contributed by atoms with E-state index >= 15 is 0 Å². The molecule has 1 aliphatic carbocycles. The zero-order valence-electron chi connectivity index (χ0n) is 13.0. The Labute approximate surface area is 123 Å². The third-order valence-corrected chi connectivity index (χ3v) is 4.36. The van der Waals surface area contributed by atoms with Crippen LogP contribution in [0.25, 0.3) is 0 Å². The maximum absolute atomic E-state index is 9.36. The van der Waals surface area contributed by atoms with Crippen molar-refractivity contribution in [3.8, 4) is 6.07 Å². The number of rotatable bonds is 8. The molecule has 1 saturated heterocycles. The van der Waals surface area contributed by atoms with E-state index in [9.17, 15) is 5.26 Å². The van der Waals surface area contributed by atoms with E-state index in [0.29, 0.717) is 12.1 Å². The molecule has 0 bridgehead atoms. The number of ether oxygens (including phenoxy) is 1. The van der Waals surface area contributed by atoms with Gasteiger partial charge >= 0.3 is 0 Å². The smallest absolute Gasteiger partial charge is 0.104 e. The van der Waals surface area contributed by atoms with Crippen LogP contribution in [-0.2, 0) is 4.74 Å². The number of nitriles is 1. The van der Waals surface area contributed by atoms with E-state index in [1.165, 1.54) is 32.2 Å². The first-order valence-electron chi connectivity index (χ1n) is 8.18. The zero-order chi connectivity index (χ0) is 14.4. The molecule has 0 aromatic carbocycles. The minimum Gasteiger partial charge on any atom is -0.377 e. The maximum Gasteiger partial charge on any atom is 0.104 e. The summed E-state index contributed by atoms with van der Waals surface area (Å²) in [6, 6.07) is 3.06. The fourth-order valence-corrected chi connectivity index (χ4v) is 3.08. The van der Waals surface area contributed by atoms with Crippen LogP contribution in [0.5, 0.6) is 0 Å². The lowest BCUT2D eigenvalue weighted by Gasteiger charge is -2.33. The van der Waals surface area contributed by atoms with Crippen LogP contribution in [0.4, 0.5) is 0 Å². The number of nitrogens with one attached hydrogen (secondary N) is 1. The zero-order valence-corrected chi connectivity index (χ0v) is 13.0. The summed E-state index contributed by atoms with van der Waals surface area (Å²) in [4.78, 5) is 2.50. The number of likely N-dealkylation sites (tertiary alicyclic amines) is 1. The highest BCUT2D eigenvalue weighted by atomic mass is 16.5. The van der Waals surface area contributed by atoms with E-state index in [1.54, 1.807) is 0 Å². The quantitative estimate of drug-likeness (QED) is 0.740. The predicted molar refractivity (Wildman–Crippen MR) is 80.5 cm³/mol. The highest BCUT2D eigenvalue weighted by molar-refractivity contribution is 5.07. The summed E-state index contributed by atoms with van der Waals surface area (Å²) in [7, 11) is 0. The summed E-state index contributed by atoms with van der Waals surface area (Å²) in [6.45, 7) is 8.27. The first kappa shape index (κ1) is 15.8. The minimum absolute atomic E-state index is 0.337. The molecule has 2 atom stereocenters. The van der Waals surface area contributed by atoms with Crippen molar-refractivity contribution in [2.24, 2.45) is 0 Å². The number of nitrogens with zero attached hydrogens (tertiary/aromatic N) is 2. The Hall–Kier alpha value is -0.630. The van der Waals surface area contributed by atoms with Crippen LogP contribution in [0.3, 0.4) is 0 Å². The van der Waals surface area contributed by atoms with Gasteiger partial charge in [-0.15, -0.1) is 0 Å². The van der Waals surface area contributed by atoms with Crippen LogP contribution >= 0.6 is 0 Å². The molecule has 0 radical (unpaired) electrons. The lowest BCUT2D eigenvalue weighted by Crippen LogP contribution is -2.44. The molecule has 0 spiro atoms. The van der Waals surface area contributed by atoms with E-state index in [4.69, 9.17) is 4.74 Å². The summed E-state index contributed by atoms with van der Waals surface area (Å²) >= 11 is 0. The highest BCUT2D eigenvalue weighted by Crippen LogP contribution is 2.24. The van der Waals surface area contributed by atoms with Gasteiger partial charge in [-0.25, -0.2) is 0 Å². The summed E-state index contributed by atoms with van der Waals surface area (Å²) in [5.41, 5.74) is -0.337. The van der Waals surface area contributed by atoms with Crippen molar-refractivity contribution in [3.63, 3.8) is 0 Å². The van der Waals surface area contributed by atoms with E-state index in [-0.39, 0.29) is 5.54 Å². The largest absolute Gasteiger partial charge is 0.377 e. The van der Waals surface area contributed by atoms with Gasteiger partial charge in [-0.05, 0) is 65.5 Å². The van der Waals surface area contributed by atoms with Gasteiger partial charge in [0.05, 0.1) is 12.2 Å². The molecule has 1 N–H and O–H groups in total. The lowest BCUT2D eigenvalue weighted by molar-refractivity contribution is 0.00533. The molecule has 2 rings (SSSR count). The van der Waals surface area contributed by atoms with Gasteiger partial charge in [0.15, 0.2) is 0 Å². The maximum atomic E-state index is 9.36. The molecule has 1 heterocycles. The normalized spacial score (nSPS) is 26.9. The second kappa shape index (κ2) is 7.40.